The van der Waals surface area contributed by atoms with Crippen LogP contribution in [0.5, 0.6) is 0 Å². The van der Waals surface area contributed by atoms with Gasteiger partial charge in [-0.3, -0.25) is 9.59 Å². The minimum absolute atomic E-state index is 0.0254. The highest BCUT2D eigenvalue weighted by molar-refractivity contribution is 8.00. The van der Waals surface area contributed by atoms with Gasteiger partial charge >= 0.3 is 0 Å². The average Bonchev–Trinajstić information content (AvgIpc) is 2.69. The molecule has 0 radical (unpaired) electrons. The molecule has 1 fully saturated rings. The van der Waals surface area contributed by atoms with Gasteiger partial charge in [0.1, 0.15) is 6.10 Å². The number of thioether (sulfide) groups is 1. The molecule has 5 nitrogen and oxygen atoms in total. The summed E-state index contributed by atoms with van der Waals surface area (Å²) in [6, 6.07) is 15.5. The van der Waals surface area contributed by atoms with E-state index < -0.39 is 0 Å². The molecule has 0 aromatic heterocycles. The van der Waals surface area contributed by atoms with Crippen molar-refractivity contribution in [1.29, 1.82) is 0 Å². The van der Waals surface area contributed by atoms with Crippen LogP contribution in [0.2, 0.25) is 0 Å². The maximum atomic E-state index is 13.0. The molecule has 2 aliphatic heterocycles. The molecule has 2 aromatic carbocycles. The van der Waals surface area contributed by atoms with E-state index in [1.165, 1.54) is 11.8 Å². The molecule has 0 spiro atoms. The normalized spacial score (nSPS) is 22.5. The van der Waals surface area contributed by atoms with Crippen molar-refractivity contribution in [3.05, 3.63) is 59.7 Å². The summed E-state index contributed by atoms with van der Waals surface area (Å²) in [6.07, 6.45) is -0.109. The lowest BCUT2D eigenvalue weighted by Crippen LogP contribution is -2.42. The lowest BCUT2D eigenvalue weighted by molar-refractivity contribution is -0.115. The fourth-order valence-corrected chi connectivity index (χ4v) is 4.16. The van der Waals surface area contributed by atoms with Crippen molar-refractivity contribution in [1.82, 2.24) is 4.90 Å². The SMILES string of the molecule is CC1Sc2ccc(C(=O)N3CCOC(c4ccccc4)C3)cc2NC1=O. The number of anilines is 1. The maximum absolute atomic E-state index is 13.0. The van der Waals surface area contributed by atoms with Gasteiger partial charge < -0.3 is 15.0 Å². The summed E-state index contributed by atoms with van der Waals surface area (Å²) >= 11 is 1.52. The van der Waals surface area contributed by atoms with E-state index in [1.54, 1.807) is 6.07 Å². The van der Waals surface area contributed by atoms with E-state index in [2.05, 4.69) is 5.32 Å². The molecule has 2 heterocycles. The number of fused-ring (bicyclic) bond motifs is 1. The summed E-state index contributed by atoms with van der Waals surface area (Å²) in [4.78, 5) is 27.7. The third kappa shape index (κ3) is 3.34. The van der Waals surface area contributed by atoms with Crippen LogP contribution in [0.15, 0.2) is 53.4 Å². The van der Waals surface area contributed by atoms with Crippen LogP contribution in [0.25, 0.3) is 0 Å². The molecule has 2 atom stereocenters. The number of nitrogens with one attached hydrogen (secondary N) is 1. The number of carbonyl (C=O) groups is 2. The predicted octanol–water partition coefficient (Wildman–Crippen LogP) is 3.33. The summed E-state index contributed by atoms with van der Waals surface area (Å²) in [7, 11) is 0. The Bertz CT molecular complexity index is 840. The zero-order valence-electron chi connectivity index (χ0n) is 14.5. The summed E-state index contributed by atoms with van der Waals surface area (Å²) < 4.78 is 5.84. The first kappa shape index (κ1) is 17.1. The molecule has 2 amide bonds. The third-order valence-electron chi connectivity index (χ3n) is 4.68. The minimum Gasteiger partial charge on any atom is -0.370 e. The van der Waals surface area contributed by atoms with Crippen molar-refractivity contribution in [2.75, 3.05) is 25.0 Å². The number of nitrogens with zero attached hydrogens (tertiary/aromatic N) is 1. The quantitative estimate of drug-likeness (QED) is 0.883. The topological polar surface area (TPSA) is 58.6 Å². The van der Waals surface area contributed by atoms with Crippen LogP contribution in [-0.2, 0) is 9.53 Å². The van der Waals surface area contributed by atoms with Crippen molar-refractivity contribution in [2.24, 2.45) is 0 Å². The van der Waals surface area contributed by atoms with Gasteiger partial charge in [0.25, 0.3) is 5.91 Å². The zero-order chi connectivity index (χ0) is 18.1. The van der Waals surface area contributed by atoms with Gasteiger partial charge in [-0.2, -0.15) is 0 Å². The molecular formula is C20H20N2O3S. The number of benzene rings is 2. The smallest absolute Gasteiger partial charge is 0.254 e. The van der Waals surface area contributed by atoms with Crippen molar-refractivity contribution in [3.63, 3.8) is 0 Å². The van der Waals surface area contributed by atoms with Gasteiger partial charge in [-0.05, 0) is 30.7 Å². The number of hydrogen-bond donors (Lipinski definition) is 1. The van der Waals surface area contributed by atoms with Crippen molar-refractivity contribution >= 4 is 29.3 Å². The fourth-order valence-electron chi connectivity index (χ4n) is 3.23. The molecular weight excluding hydrogens is 348 g/mol. The standard InChI is InChI=1S/C20H20N2O3S/c1-13-19(23)21-16-11-15(7-8-18(16)26-13)20(24)22-9-10-25-17(12-22)14-5-3-2-4-6-14/h2-8,11,13,17H,9-10,12H2,1H3,(H,21,23). The lowest BCUT2D eigenvalue weighted by Gasteiger charge is -2.33. The van der Waals surface area contributed by atoms with Gasteiger partial charge in [-0.1, -0.05) is 30.3 Å². The molecule has 0 saturated carbocycles. The van der Waals surface area contributed by atoms with E-state index in [4.69, 9.17) is 4.74 Å². The van der Waals surface area contributed by atoms with E-state index in [1.807, 2.05) is 54.3 Å². The summed E-state index contributed by atoms with van der Waals surface area (Å²) in [6.45, 7) is 3.48. The van der Waals surface area contributed by atoms with Crippen molar-refractivity contribution < 1.29 is 14.3 Å². The second-order valence-corrected chi connectivity index (χ2v) is 7.86. The number of hydrogen-bond acceptors (Lipinski definition) is 4. The first-order valence-electron chi connectivity index (χ1n) is 8.69. The Hall–Kier alpha value is -2.31. The second kappa shape index (κ2) is 7.13. The maximum Gasteiger partial charge on any atom is 0.254 e. The van der Waals surface area contributed by atoms with E-state index in [9.17, 15) is 9.59 Å². The highest BCUT2D eigenvalue weighted by atomic mass is 32.2. The average molecular weight is 368 g/mol. The van der Waals surface area contributed by atoms with Crippen molar-refractivity contribution in [3.8, 4) is 0 Å². The molecule has 0 aliphatic carbocycles. The van der Waals surface area contributed by atoms with Crippen LogP contribution < -0.4 is 5.32 Å². The van der Waals surface area contributed by atoms with Crippen molar-refractivity contribution in [2.45, 2.75) is 23.2 Å². The number of rotatable bonds is 2. The number of ether oxygens (including phenoxy) is 1. The Morgan fingerprint density at radius 3 is 2.85 bits per heavy atom. The van der Waals surface area contributed by atoms with Gasteiger partial charge in [0.2, 0.25) is 5.91 Å². The fraction of sp³-hybridized carbons (Fsp3) is 0.300. The Balaban J connectivity index is 1.52. The molecule has 2 aliphatic rings. The summed E-state index contributed by atoms with van der Waals surface area (Å²) in [5, 5.41) is 2.77. The largest absolute Gasteiger partial charge is 0.370 e. The molecule has 2 aromatic rings. The first-order valence-corrected chi connectivity index (χ1v) is 9.57. The van der Waals surface area contributed by atoms with E-state index >= 15 is 0 Å². The third-order valence-corrected chi connectivity index (χ3v) is 5.86. The van der Waals surface area contributed by atoms with Crippen LogP contribution in [0.4, 0.5) is 5.69 Å². The highest BCUT2D eigenvalue weighted by Crippen LogP contribution is 2.36. The molecule has 134 valence electrons. The minimum atomic E-state index is -0.116. The second-order valence-electron chi connectivity index (χ2n) is 6.48. The molecule has 1 saturated heterocycles. The molecule has 1 N–H and O–H groups in total. The number of carbonyl (C=O) groups excluding carboxylic acids is 2. The zero-order valence-corrected chi connectivity index (χ0v) is 15.3. The summed E-state index contributed by atoms with van der Waals surface area (Å²) in [5.41, 5.74) is 2.39. The van der Waals surface area contributed by atoms with E-state index in [0.29, 0.717) is 25.3 Å². The van der Waals surface area contributed by atoms with Gasteiger partial charge in [-0.15, -0.1) is 11.8 Å². The Kier molecular flexibility index (Phi) is 4.70. The lowest BCUT2D eigenvalue weighted by atomic mass is 10.1. The molecule has 26 heavy (non-hydrogen) atoms. The van der Waals surface area contributed by atoms with Crippen LogP contribution in [0, 0.1) is 0 Å². The predicted molar refractivity (Wildman–Crippen MR) is 101 cm³/mol. The Morgan fingerprint density at radius 1 is 1.23 bits per heavy atom. The molecule has 4 rings (SSSR count). The van der Waals surface area contributed by atoms with Gasteiger partial charge in [0, 0.05) is 17.0 Å². The van der Waals surface area contributed by atoms with Gasteiger partial charge in [0.05, 0.1) is 24.1 Å². The van der Waals surface area contributed by atoms with Crippen LogP contribution in [0.3, 0.4) is 0 Å². The first-order chi connectivity index (χ1) is 12.6. The summed E-state index contributed by atoms with van der Waals surface area (Å²) in [5.74, 6) is -0.0579. The highest BCUT2D eigenvalue weighted by Gasteiger charge is 2.28. The van der Waals surface area contributed by atoms with Crippen LogP contribution in [0.1, 0.15) is 28.9 Å². The van der Waals surface area contributed by atoms with Gasteiger partial charge in [0.15, 0.2) is 0 Å². The Labute approximate surface area is 156 Å². The van der Waals surface area contributed by atoms with Crippen LogP contribution in [-0.4, -0.2) is 41.7 Å². The van der Waals surface area contributed by atoms with E-state index in [-0.39, 0.29) is 23.2 Å². The van der Waals surface area contributed by atoms with Crippen LogP contribution >= 0.6 is 11.8 Å². The molecule has 6 heteroatoms. The van der Waals surface area contributed by atoms with E-state index in [0.717, 1.165) is 16.1 Å². The molecule has 2 unspecified atom stereocenters. The monoisotopic (exact) mass is 368 g/mol. The molecule has 0 bridgehead atoms. The Morgan fingerprint density at radius 2 is 2.04 bits per heavy atom. The van der Waals surface area contributed by atoms with Gasteiger partial charge in [-0.25, -0.2) is 0 Å². The number of morpholine rings is 1. The number of amides is 2.